The van der Waals surface area contributed by atoms with Crippen LogP contribution in [0.1, 0.15) is 44.9 Å². The van der Waals surface area contributed by atoms with Crippen LogP contribution in [0.4, 0.5) is 0 Å². The van der Waals surface area contributed by atoms with Crippen molar-refractivity contribution >= 4 is 5.91 Å². The molecule has 4 heteroatoms. The van der Waals surface area contributed by atoms with Gasteiger partial charge in [0.2, 0.25) is 5.91 Å². The molecular weight excluding hydrogens is 238 g/mol. The van der Waals surface area contributed by atoms with Gasteiger partial charge in [-0.05, 0) is 64.7 Å². The molecule has 1 amide bonds. The van der Waals surface area contributed by atoms with E-state index in [9.17, 15) is 4.79 Å². The Balaban J connectivity index is 1.76. The summed E-state index contributed by atoms with van der Waals surface area (Å²) >= 11 is 0. The Morgan fingerprint density at radius 3 is 2.68 bits per heavy atom. The number of nitrogens with one attached hydrogen (secondary N) is 1. The van der Waals surface area contributed by atoms with Gasteiger partial charge in [0.05, 0.1) is 0 Å². The molecule has 1 saturated heterocycles. The Kier molecular flexibility index (Phi) is 5.64. The lowest BCUT2D eigenvalue weighted by Crippen LogP contribution is -2.46. The molecule has 110 valence electrons. The van der Waals surface area contributed by atoms with Crippen LogP contribution in [0.3, 0.4) is 0 Å². The summed E-state index contributed by atoms with van der Waals surface area (Å²) in [6.45, 7) is 2.96. The van der Waals surface area contributed by atoms with Crippen LogP contribution >= 0.6 is 0 Å². The quantitative estimate of drug-likeness (QED) is 0.808. The highest BCUT2D eigenvalue weighted by Crippen LogP contribution is 2.31. The summed E-state index contributed by atoms with van der Waals surface area (Å²) in [7, 11) is 2.15. The summed E-state index contributed by atoms with van der Waals surface area (Å²) in [5, 5.41) is 3.27. The highest BCUT2D eigenvalue weighted by atomic mass is 16.1. The Labute approximate surface area is 117 Å². The second-order valence-corrected chi connectivity index (χ2v) is 6.39. The molecule has 2 atom stereocenters. The molecule has 1 aliphatic heterocycles. The number of hydrogen-bond acceptors (Lipinski definition) is 3. The number of likely N-dealkylation sites (tertiary alicyclic amines) is 1. The lowest BCUT2D eigenvalue weighted by Gasteiger charge is -2.32. The van der Waals surface area contributed by atoms with Crippen molar-refractivity contribution < 1.29 is 4.79 Å². The zero-order valence-electron chi connectivity index (χ0n) is 12.2. The highest BCUT2D eigenvalue weighted by Gasteiger charge is 2.28. The maximum atomic E-state index is 12.3. The number of carbonyl (C=O) groups is 1. The van der Waals surface area contributed by atoms with Gasteiger partial charge in [-0.1, -0.05) is 12.8 Å². The van der Waals surface area contributed by atoms with Crippen molar-refractivity contribution in [2.45, 2.75) is 51.0 Å². The minimum atomic E-state index is 0.241. The predicted octanol–water partition coefficient (Wildman–Crippen LogP) is 1.35. The van der Waals surface area contributed by atoms with Gasteiger partial charge in [0, 0.05) is 12.0 Å². The fourth-order valence-electron chi connectivity index (χ4n) is 3.50. The van der Waals surface area contributed by atoms with E-state index >= 15 is 0 Å². The van der Waals surface area contributed by atoms with Gasteiger partial charge >= 0.3 is 0 Å². The Morgan fingerprint density at radius 1 is 1.26 bits per heavy atom. The van der Waals surface area contributed by atoms with E-state index in [1.807, 2.05) is 0 Å². The van der Waals surface area contributed by atoms with E-state index in [1.54, 1.807) is 0 Å². The van der Waals surface area contributed by atoms with Crippen molar-refractivity contribution in [3.8, 4) is 0 Å². The summed E-state index contributed by atoms with van der Waals surface area (Å²) in [4.78, 5) is 14.7. The smallest absolute Gasteiger partial charge is 0.223 e. The first kappa shape index (κ1) is 14.8. The number of nitrogens with zero attached hydrogens (tertiary/aromatic N) is 1. The van der Waals surface area contributed by atoms with E-state index in [2.05, 4.69) is 17.3 Å². The fourth-order valence-corrected chi connectivity index (χ4v) is 3.50. The molecule has 2 aliphatic rings. The van der Waals surface area contributed by atoms with Gasteiger partial charge in [0.1, 0.15) is 0 Å². The number of amides is 1. The third-order valence-electron chi connectivity index (χ3n) is 4.79. The molecule has 2 rings (SSSR count). The lowest BCUT2D eigenvalue weighted by molar-refractivity contribution is -0.127. The van der Waals surface area contributed by atoms with E-state index in [4.69, 9.17) is 5.73 Å². The molecule has 0 aromatic rings. The monoisotopic (exact) mass is 267 g/mol. The van der Waals surface area contributed by atoms with E-state index in [0.29, 0.717) is 17.9 Å². The molecule has 4 nitrogen and oxygen atoms in total. The first-order chi connectivity index (χ1) is 9.19. The SMILES string of the molecule is CN1CCC(NC(=O)C2CCCC(CCN)C2)CC1. The van der Waals surface area contributed by atoms with Gasteiger partial charge in [0.25, 0.3) is 0 Å². The molecule has 19 heavy (non-hydrogen) atoms. The van der Waals surface area contributed by atoms with Crippen LogP contribution in [-0.4, -0.2) is 43.5 Å². The zero-order valence-corrected chi connectivity index (χ0v) is 12.2. The average Bonchev–Trinajstić information content (AvgIpc) is 2.42. The number of piperidine rings is 1. The molecular formula is C15H29N3O. The highest BCUT2D eigenvalue weighted by molar-refractivity contribution is 5.79. The van der Waals surface area contributed by atoms with Gasteiger partial charge in [0.15, 0.2) is 0 Å². The molecule has 3 N–H and O–H groups in total. The topological polar surface area (TPSA) is 58.4 Å². The second-order valence-electron chi connectivity index (χ2n) is 6.39. The minimum absolute atomic E-state index is 0.241. The van der Waals surface area contributed by atoms with Crippen molar-refractivity contribution in [1.29, 1.82) is 0 Å². The normalized spacial score (nSPS) is 30.2. The van der Waals surface area contributed by atoms with Crippen LogP contribution in [-0.2, 0) is 4.79 Å². The number of hydrogen-bond donors (Lipinski definition) is 2. The van der Waals surface area contributed by atoms with Crippen LogP contribution in [0, 0.1) is 11.8 Å². The van der Waals surface area contributed by atoms with Crippen molar-refractivity contribution in [1.82, 2.24) is 10.2 Å². The molecule has 2 fully saturated rings. The van der Waals surface area contributed by atoms with Crippen molar-refractivity contribution in [3.05, 3.63) is 0 Å². The molecule has 2 unspecified atom stereocenters. The van der Waals surface area contributed by atoms with Crippen molar-refractivity contribution in [2.75, 3.05) is 26.7 Å². The van der Waals surface area contributed by atoms with Gasteiger partial charge in [-0.2, -0.15) is 0 Å². The van der Waals surface area contributed by atoms with Crippen LogP contribution < -0.4 is 11.1 Å². The maximum Gasteiger partial charge on any atom is 0.223 e. The largest absolute Gasteiger partial charge is 0.353 e. The Hall–Kier alpha value is -0.610. The third kappa shape index (κ3) is 4.46. The average molecular weight is 267 g/mol. The summed E-state index contributed by atoms with van der Waals surface area (Å²) in [5.41, 5.74) is 5.64. The summed E-state index contributed by atoms with van der Waals surface area (Å²) in [5.74, 6) is 1.22. The molecule has 1 saturated carbocycles. The van der Waals surface area contributed by atoms with Crippen molar-refractivity contribution in [2.24, 2.45) is 17.6 Å². The standard InChI is InChI=1S/C15H29N3O/c1-18-9-6-14(7-10-18)17-15(19)13-4-2-3-12(11-13)5-8-16/h12-14H,2-11,16H2,1H3,(H,17,19). The van der Waals surface area contributed by atoms with Gasteiger partial charge in [-0.25, -0.2) is 0 Å². The van der Waals surface area contributed by atoms with E-state index in [1.165, 1.54) is 12.8 Å². The molecule has 0 aromatic heterocycles. The van der Waals surface area contributed by atoms with E-state index in [-0.39, 0.29) is 5.92 Å². The van der Waals surface area contributed by atoms with Crippen LogP contribution in [0.2, 0.25) is 0 Å². The van der Waals surface area contributed by atoms with E-state index < -0.39 is 0 Å². The number of nitrogens with two attached hydrogens (primary N) is 1. The lowest BCUT2D eigenvalue weighted by atomic mass is 9.79. The van der Waals surface area contributed by atoms with E-state index in [0.717, 1.165) is 51.7 Å². The summed E-state index contributed by atoms with van der Waals surface area (Å²) < 4.78 is 0. The summed E-state index contributed by atoms with van der Waals surface area (Å²) in [6, 6.07) is 0.401. The minimum Gasteiger partial charge on any atom is -0.353 e. The molecule has 1 heterocycles. The predicted molar refractivity (Wildman–Crippen MR) is 77.8 cm³/mol. The fraction of sp³-hybridized carbons (Fsp3) is 0.933. The van der Waals surface area contributed by atoms with Gasteiger partial charge in [-0.3, -0.25) is 4.79 Å². The van der Waals surface area contributed by atoms with Crippen molar-refractivity contribution in [3.63, 3.8) is 0 Å². The maximum absolute atomic E-state index is 12.3. The van der Waals surface area contributed by atoms with Crippen LogP contribution in [0.15, 0.2) is 0 Å². The molecule has 0 bridgehead atoms. The molecule has 0 aromatic carbocycles. The first-order valence-corrected chi connectivity index (χ1v) is 7.88. The number of rotatable bonds is 4. The Bertz CT molecular complexity index is 285. The first-order valence-electron chi connectivity index (χ1n) is 7.88. The van der Waals surface area contributed by atoms with Gasteiger partial charge < -0.3 is 16.0 Å². The summed E-state index contributed by atoms with van der Waals surface area (Å²) in [6.07, 6.45) is 7.85. The van der Waals surface area contributed by atoms with Crippen LogP contribution in [0.5, 0.6) is 0 Å². The van der Waals surface area contributed by atoms with Crippen LogP contribution in [0.25, 0.3) is 0 Å². The Morgan fingerprint density at radius 2 is 2.00 bits per heavy atom. The third-order valence-corrected chi connectivity index (χ3v) is 4.79. The second kappa shape index (κ2) is 7.25. The van der Waals surface area contributed by atoms with Gasteiger partial charge in [-0.15, -0.1) is 0 Å². The zero-order chi connectivity index (χ0) is 13.7. The molecule has 0 radical (unpaired) electrons. The number of carbonyl (C=O) groups excluding carboxylic acids is 1. The molecule has 0 spiro atoms. The molecule has 1 aliphatic carbocycles.